The van der Waals surface area contributed by atoms with E-state index in [0.29, 0.717) is 38.2 Å². The first-order valence-corrected chi connectivity index (χ1v) is 10.9. The minimum atomic E-state index is -0.327. The second-order valence-corrected chi connectivity index (χ2v) is 8.32. The van der Waals surface area contributed by atoms with Crippen LogP contribution in [0, 0.1) is 5.92 Å². The number of carbonyl (C=O) groups excluding carboxylic acids is 3. The molecule has 2 unspecified atom stereocenters. The maximum absolute atomic E-state index is 12.8. The van der Waals surface area contributed by atoms with Crippen LogP contribution in [-0.4, -0.2) is 58.2 Å². The first-order chi connectivity index (χ1) is 15.0. The number of hydrogen-bond acceptors (Lipinski definition) is 4. The molecule has 4 rings (SSSR count). The number of nitrogens with one attached hydrogen (secondary N) is 1. The Kier molecular flexibility index (Phi) is 6.30. The zero-order valence-electron chi connectivity index (χ0n) is 17.7. The molecule has 2 aliphatic heterocycles. The van der Waals surface area contributed by atoms with Crippen LogP contribution in [0.5, 0.6) is 0 Å². The number of rotatable bonds is 5. The van der Waals surface area contributed by atoms with Gasteiger partial charge in [0.05, 0.1) is 12.0 Å². The number of nitrogens with zero attached hydrogens (tertiary/aromatic N) is 3. The number of benzene rings is 1. The van der Waals surface area contributed by atoms with Crippen molar-refractivity contribution in [2.75, 3.05) is 19.6 Å². The van der Waals surface area contributed by atoms with Crippen LogP contribution in [0.4, 0.5) is 0 Å². The molecule has 0 radical (unpaired) electrons. The number of likely N-dealkylation sites (tertiary alicyclic amines) is 2. The number of hydrogen-bond donors (Lipinski definition) is 1. The summed E-state index contributed by atoms with van der Waals surface area (Å²) in [4.78, 5) is 45.6. The summed E-state index contributed by atoms with van der Waals surface area (Å²) >= 11 is 0. The van der Waals surface area contributed by atoms with Gasteiger partial charge in [0.1, 0.15) is 5.69 Å². The lowest BCUT2D eigenvalue weighted by atomic mass is 10.0. The zero-order valence-corrected chi connectivity index (χ0v) is 17.7. The van der Waals surface area contributed by atoms with Crippen LogP contribution in [0.15, 0.2) is 54.7 Å². The predicted octanol–water partition coefficient (Wildman–Crippen LogP) is 2.41. The Balaban J connectivity index is 1.28. The standard InChI is InChI=1S/C24H28N4O3/c1-17(18-7-3-2-4-8-18)28-16-19(15-22(28)29)23(30)26-20-10-13-27(14-11-20)24(31)21-9-5-6-12-25-21/h2-9,12,17,19-20H,10-11,13-16H2,1H3,(H,26,30). The molecule has 0 spiro atoms. The largest absolute Gasteiger partial charge is 0.353 e. The molecule has 1 aromatic carbocycles. The molecule has 3 heterocycles. The van der Waals surface area contributed by atoms with E-state index in [4.69, 9.17) is 0 Å². The Hall–Kier alpha value is -3.22. The van der Waals surface area contributed by atoms with Crippen molar-refractivity contribution in [3.63, 3.8) is 0 Å². The Morgan fingerprint density at radius 3 is 2.45 bits per heavy atom. The van der Waals surface area contributed by atoms with E-state index in [2.05, 4.69) is 10.3 Å². The van der Waals surface area contributed by atoms with Gasteiger partial charge in [0.2, 0.25) is 11.8 Å². The fourth-order valence-electron chi connectivity index (χ4n) is 4.39. The molecule has 7 nitrogen and oxygen atoms in total. The highest BCUT2D eigenvalue weighted by atomic mass is 16.2. The molecule has 0 bridgehead atoms. The van der Waals surface area contributed by atoms with E-state index in [9.17, 15) is 14.4 Å². The zero-order chi connectivity index (χ0) is 21.8. The first kappa shape index (κ1) is 21.0. The molecule has 2 saturated heterocycles. The van der Waals surface area contributed by atoms with Crippen molar-refractivity contribution < 1.29 is 14.4 Å². The summed E-state index contributed by atoms with van der Waals surface area (Å²) < 4.78 is 0. The monoisotopic (exact) mass is 420 g/mol. The highest BCUT2D eigenvalue weighted by molar-refractivity contribution is 5.92. The third kappa shape index (κ3) is 4.76. The minimum Gasteiger partial charge on any atom is -0.353 e. The Labute approximate surface area is 182 Å². The van der Waals surface area contributed by atoms with Gasteiger partial charge in [0, 0.05) is 38.3 Å². The molecule has 31 heavy (non-hydrogen) atoms. The number of aromatic nitrogens is 1. The number of amides is 3. The van der Waals surface area contributed by atoms with Gasteiger partial charge >= 0.3 is 0 Å². The van der Waals surface area contributed by atoms with Crippen LogP contribution in [-0.2, 0) is 9.59 Å². The van der Waals surface area contributed by atoms with Crippen molar-refractivity contribution in [1.29, 1.82) is 0 Å². The smallest absolute Gasteiger partial charge is 0.272 e. The maximum atomic E-state index is 12.8. The molecule has 3 amide bonds. The molecule has 0 saturated carbocycles. The van der Waals surface area contributed by atoms with Crippen LogP contribution in [0.2, 0.25) is 0 Å². The molecule has 7 heteroatoms. The molecule has 1 N–H and O–H groups in total. The average Bonchev–Trinajstić information content (AvgIpc) is 3.21. The third-order valence-corrected chi connectivity index (χ3v) is 6.29. The van der Waals surface area contributed by atoms with Crippen molar-refractivity contribution in [2.24, 2.45) is 5.92 Å². The van der Waals surface area contributed by atoms with Gasteiger partial charge in [0.15, 0.2) is 0 Å². The van der Waals surface area contributed by atoms with Gasteiger partial charge in [-0.2, -0.15) is 0 Å². The summed E-state index contributed by atoms with van der Waals surface area (Å²) in [5.74, 6) is -0.443. The lowest BCUT2D eigenvalue weighted by Crippen LogP contribution is -2.48. The third-order valence-electron chi connectivity index (χ3n) is 6.29. The molecular weight excluding hydrogens is 392 g/mol. The van der Waals surface area contributed by atoms with Gasteiger partial charge in [-0.25, -0.2) is 0 Å². The van der Waals surface area contributed by atoms with Crippen LogP contribution in [0.25, 0.3) is 0 Å². The predicted molar refractivity (Wildman–Crippen MR) is 116 cm³/mol. The molecular formula is C24H28N4O3. The molecule has 2 fully saturated rings. The van der Waals surface area contributed by atoms with E-state index in [1.165, 1.54) is 0 Å². The summed E-state index contributed by atoms with van der Waals surface area (Å²) in [5.41, 5.74) is 1.52. The maximum Gasteiger partial charge on any atom is 0.272 e. The molecule has 162 valence electrons. The normalized spacial score (nSPS) is 20.5. The molecule has 1 aromatic heterocycles. The molecule has 2 atom stereocenters. The van der Waals surface area contributed by atoms with Gasteiger partial charge in [-0.1, -0.05) is 36.4 Å². The Morgan fingerprint density at radius 1 is 1.06 bits per heavy atom. The van der Waals surface area contributed by atoms with Gasteiger partial charge in [0.25, 0.3) is 5.91 Å². The molecule has 2 aliphatic rings. The second-order valence-electron chi connectivity index (χ2n) is 8.32. The summed E-state index contributed by atoms with van der Waals surface area (Å²) in [6.45, 7) is 3.61. The number of pyridine rings is 1. The van der Waals surface area contributed by atoms with E-state index in [0.717, 1.165) is 5.56 Å². The fraction of sp³-hybridized carbons (Fsp3) is 0.417. The van der Waals surface area contributed by atoms with Crippen molar-refractivity contribution >= 4 is 17.7 Å². The minimum absolute atomic E-state index is 0.0206. The summed E-state index contributed by atoms with van der Waals surface area (Å²) in [7, 11) is 0. The lowest BCUT2D eigenvalue weighted by Gasteiger charge is -2.32. The molecule has 0 aliphatic carbocycles. The van der Waals surface area contributed by atoms with Crippen molar-refractivity contribution in [1.82, 2.24) is 20.1 Å². The van der Waals surface area contributed by atoms with Crippen molar-refractivity contribution in [3.05, 3.63) is 66.0 Å². The van der Waals surface area contributed by atoms with E-state index in [-0.39, 0.29) is 42.1 Å². The van der Waals surface area contributed by atoms with Crippen LogP contribution in [0.3, 0.4) is 0 Å². The van der Waals surface area contributed by atoms with Crippen LogP contribution < -0.4 is 5.32 Å². The van der Waals surface area contributed by atoms with Gasteiger partial charge in [-0.05, 0) is 37.5 Å². The van der Waals surface area contributed by atoms with Gasteiger partial charge in [-0.15, -0.1) is 0 Å². The lowest BCUT2D eigenvalue weighted by molar-refractivity contribution is -0.130. The topological polar surface area (TPSA) is 82.6 Å². The van der Waals surface area contributed by atoms with Crippen LogP contribution in [0.1, 0.15) is 48.3 Å². The highest BCUT2D eigenvalue weighted by Crippen LogP contribution is 2.28. The van der Waals surface area contributed by atoms with E-state index in [1.54, 1.807) is 34.2 Å². The SMILES string of the molecule is CC(c1ccccc1)N1CC(C(=O)NC2CCN(C(=O)c3ccccn3)CC2)CC1=O. The average molecular weight is 421 g/mol. The number of piperidine rings is 1. The summed E-state index contributed by atoms with van der Waals surface area (Å²) in [6.07, 6.45) is 3.27. The van der Waals surface area contributed by atoms with E-state index in [1.807, 2.05) is 37.3 Å². The van der Waals surface area contributed by atoms with Crippen LogP contribution >= 0.6 is 0 Å². The van der Waals surface area contributed by atoms with E-state index < -0.39 is 0 Å². The second kappa shape index (κ2) is 9.29. The summed E-state index contributed by atoms with van der Waals surface area (Å²) in [6, 6.07) is 15.2. The fourth-order valence-corrected chi connectivity index (χ4v) is 4.39. The first-order valence-electron chi connectivity index (χ1n) is 10.9. The van der Waals surface area contributed by atoms with Gasteiger partial charge < -0.3 is 15.1 Å². The summed E-state index contributed by atoms with van der Waals surface area (Å²) in [5, 5.41) is 3.11. The Morgan fingerprint density at radius 2 is 1.77 bits per heavy atom. The van der Waals surface area contributed by atoms with Crippen molar-refractivity contribution in [3.8, 4) is 0 Å². The number of carbonyl (C=O) groups is 3. The van der Waals surface area contributed by atoms with Crippen molar-refractivity contribution in [2.45, 2.75) is 38.3 Å². The highest BCUT2D eigenvalue weighted by Gasteiger charge is 2.38. The van der Waals surface area contributed by atoms with Gasteiger partial charge in [-0.3, -0.25) is 19.4 Å². The Bertz CT molecular complexity index is 926. The molecule has 2 aromatic rings. The van der Waals surface area contributed by atoms with E-state index >= 15 is 0 Å². The quantitative estimate of drug-likeness (QED) is 0.805.